The molecule has 1 aliphatic heterocycles. The van der Waals surface area contributed by atoms with Crippen molar-refractivity contribution in [3.63, 3.8) is 0 Å². The van der Waals surface area contributed by atoms with Gasteiger partial charge in [-0.05, 0) is 47.3 Å². The zero-order chi connectivity index (χ0) is 20.5. The van der Waals surface area contributed by atoms with E-state index >= 15 is 0 Å². The van der Waals surface area contributed by atoms with Gasteiger partial charge < -0.3 is 25.2 Å². The number of rotatable bonds is 7. The Bertz CT molecular complexity index is 669. The fraction of sp³-hybridized carbons (Fsp3) is 0.737. The van der Waals surface area contributed by atoms with Crippen molar-refractivity contribution in [1.82, 2.24) is 25.4 Å². The van der Waals surface area contributed by atoms with Gasteiger partial charge in [0.25, 0.3) is 0 Å². The molecule has 8 nitrogen and oxygen atoms in total. The van der Waals surface area contributed by atoms with E-state index < -0.39 is 0 Å². The molecule has 0 saturated carbocycles. The first-order chi connectivity index (χ1) is 13.4. The smallest absolute Gasteiger partial charge is 0.350 e. The van der Waals surface area contributed by atoms with E-state index in [9.17, 15) is 4.79 Å². The number of aliphatic imine (C=N–C) groups is 1. The third-order valence-electron chi connectivity index (χ3n) is 4.75. The van der Waals surface area contributed by atoms with Gasteiger partial charge in [0, 0.05) is 33.2 Å². The second-order valence-electron chi connectivity index (χ2n) is 7.05. The van der Waals surface area contributed by atoms with E-state index in [0.29, 0.717) is 17.2 Å². The Balaban J connectivity index is 0.00000420. The van der Waals surface area contributed by atoms with Crippen molar-refractivity contribution >= 4 is 47.2 Å². The second-order valence-corrected chi connectivity index (χ2v) is 8.08. The van der Waals surface area contributed by atoms with Crippen molar-refractivity contribution < 1.29 is 9.53 Å². The Labute approximate surface area is 195 Å². The van der Waals surface area contributed by atoms with Crippen LogP contribution >= 0.6 is 35.3 Å². The summed E-state index contributed by atoms with van der Waals surface area (Å²) < 4.78 is 5.10. The van der Waals surface area contributed by atoms with Crippen molar-refractivity contribution in [3.8, 4) is 0 Å². The van der Waals surface area contributed by atoms with Gasteiger partial charge in [-0.1, -0.05) is 0 Å². The van der Waals surface area contributed by atoms with Crippen LogP contribution in [0.25, 0.3) is 0 Å². The number of aromatic nitrogens is 1. The first-order valence-electron chi connectivity index (χ1n) is 9.97. The lowest BCUT2D eigenvalue weighted by atomic mass is 10.3. The molecule has 0 amide bonds. The van der Waals surface area contributed by atoms with Gasteiger partial charge in [0.05, 0.1) is 18.3 Å². The predicted octanol–water partition coefficient (Wildman–Crippen LogP) is 2.11. The quantitative estimate of drug-likeness (QED) is 0.238. The zero-order valence-corrected chi connectivity index (χ0v) is 21.3. The number of thiazole rings is 1. The van der Waals surface area contributed by atoms with E-state index in [1.165, 1.54) is 24.3 Å². The largest absolute Gasteiger partial charge is 0.462 e. The summed E-state index contributed by atoms with van der Waals surface area (Å²) in [5, 5.41) is 7.59. The Kier molecular flexibility index (Phi) is 12.0. The van der Waals surface area contributed by atoms with Gasteiger partial charge in [-0.2, -0.15) is 0 Å². The zero-order valence-electron chi connectivity index (χ0n) is 18.2. The number of ether oxygens (including phenoxy) is 1. The van der Waals surface area contributed by atoms with Crippen LogP contribution in [-0.4, -0.2) is 86.7 Å². The highest BCUT2D eigenvalue weighted by Gasteiger charge is 2.20. The maximum atomic E-state index is 12.0. The molecule has 1 unspecified atom stereocenters. The molecule has 1 fully saturated rings. The number of hydrogen-bond donors (Lipinski definition) is 2. The van der Waals surface area contributed by atoms with Crippen molar-refractivity contribution in [3.05, 3.63) is 15.6 Å². The standard InChI is InChI=1S/C19H34N6O2S.HI/c1-6-27-18(26)16-14(2)22-17(28-16)15(3)23-19(20-4)21-8-11-25-10-7-9-24(5)12-13-25;/h15H,6-13H2,1-5H3,(H2,20,21,23);1H. The summed E-state index contributed by atoms with van der Waals surface area (Å²) in [5.74, 6) is 0.437. The number of carbonyl (C=O) groups is 1. The van der Waals surface area contributed by atoms with Gasteiger partial charge in [0.2, 0.25) is 0 Å². The molecule has 2 rings (SSSR count). The summed E-state index contributed by atoms with van der Waals surface area (Å²) in [6.07, 6.45) is 1.21. The SMILES string of the molecule is CCOC(=O)c1sc(C(C)NC(=NC)NCCN2CCCN(C)CC2)nc1C.I. The topological polar surface area (TPSA) is 82.1 Å². The van der Waals surface area contributed by atoms with Crippen molar-refractivity contribution in [2.75, 3.05) is 60.0 Å². The molecule has 166 valence electrons. The summed E-state index contributed by atoms with van der Waals surface area (Å²) in [4.78, 5) is 26.3. The average Bonchev–Trinajstić information content (AvgIpc) is 2.94. The number of aryl methyl sites for hydroxylation is 1. The van der Waals surface area contributed by atoms with E-state index in [1.807, 2.05) is 13.8 Å². The highest BCUT2D eigenvalue weighted by Crippen LogP contribution is 2.24. The molecule has 1 aliphatic rings. The third-order valence-corrected chi connectivity index (χ3v) is 6.07. The normalized spacial score (nSPS) is 17.2. The summed E-state index contributed by atoms with van der Waals surface area (Å²) in [5.41, 5.74) is 0.709. The summed E-state index contributed by atoms with van der Waals surface area (Å²) in [6.45, 7) is 12.4. The summed E-state index contributed by atoms with van der Waals surface area (Å²) >= 11 is 1.37. The van der Waals surface area contributed by atoms with Crippen molar-refractivity contribution in [1.29, 1.82) is 0 Å². The average molecular weight is 539 g/mol. The molecule has 10 heteroatoms. The first kappa shape index (κ1) is 26.1. The van der Waals surface area contributed by atoms with Crippen LogP contribution in [0.1, 0.15) is 46.7 Å². The van der Waals surface area contributed by atoms with Crippen LogP contribution in [0.4, 0.5) is 0 Å². The van der Waals surface area contributed by atoms with Crippen LogP contribution in [0.3, 0.4) is 0 Å². The van der Waals surface area contributed by atoms with Gasteiger partial charge in [-0.3, -0.25) is 4.99 Å². The van der Waals surface area contributed by atoms with E-state index in [0.717, 1.165) is 43.7 Å². The van der Waals surface area contributed by atoms with Crippen LogP contribution in [0, 0.1) is 6.92 Å². The van der Waals surface area contributed by atoms with E-state index in [-0.39, 0.29) is 36.0 Å². The van der Waals surface area contributed by atoms with Crippen LogP contribution in [0.15, 0.2) is 4.99 Å². The van der Waals surface area contributed by atoms with Crippen LogP contribution < -0.4 is 10.6 Å². The highest BCUT2D eigenvalue weighted by atomic mass is 127. The number of carbonyl (C=O) groups excluding carboxylic acids is 1. The molecule has 0 aliphatic carbocycles. The molecule has 0 aromatic carbocycles. The first-order valence-corrected chi connectivity index (χ1v) is 10.8. The molecule has 1 aromatic rings. The third kappa shape index (κ3) is 8.35. The Hall–Kier alpha value is -0.980. The molecule has 0 radical (unpaired) electrons. The fourth-order valence-electron chi connectivity index (χ4n) is 3.11. The minimum absolute atomic E-state index is 0. The maximum Gasteiger partial charge on any atom is 0.350 e. The molecule has 0 spiro atoms. The lowest BCUT2D eigenvalue weighted by Gasteiger charge is -2.21. The molecular formula is C19H35IN6O2S. The summed E-state index contributed by atoms with van der Waals surface area (Å²) in [7, 11) is 3.95. The second kappa shape index (κ2) is 13.3. The van der Waals surface area contributed by atoms with Crippen molar-refractivity contribution in [2.24, 2.45) is 4.99 Å². The maximum absolute atomic E-state index is 12.0. The lowest BCUT2D eigenvalue weighted by molar-refractivity contribution is 0.0531. The van der Waals surface area contributed by atoms with E-state index in [2.05, 4.69) is 37.5 Å². The number of likely N-dealkylation sites (N-methyl/N-ethyl adjacent to an activating group) is 1. The molecule has 1 aromatic heterocycles. The fourth-order valence-corrected chi connectivity index (χ4v) is 4.07. The molecule has 2 heterocycles. The Morgan fingerprint density at radius 1 is 1.34 bits per heavy atom. The number of nitrogens with one attached hydrogen (secondary N) is 2. The monoisotopic (exact) mass is 538 g/mol. The van der Waals surface area contributed by atoms with Gasteiger partial charge in [-0.25, -0.2) is 9.78 Å². The number of nitrogens with zero attached hydrogens (tertiary/aromatic N) is 4. The minimum atomic E-state index is -0.304. The molecule has 1 saturated heterocycles. The summed E-state index contributed by atoms with van der Waals surface area (Å²) in [6, 6.07) is -0.0510. The molecule has 2 N–H and O–H groups in total. The van der Waals surface area contributed by atoms with Crippen molar-refractivity contribution in [2.45, 2.75) is 33.2 Å². The molecule has 0 bridgehead atoms. The molecule has 29 heavy (non-hydrogen) atoms. The van der Waals surface area contributed by atoms with Crippen LogP contribution in [0.5, 0.6) is 0 Å². The van der Waals surface area contributed by atoms with Gasteiger partial charge >= 0.3 is 5.97 Å². The minimum Gasteiger partial charge on any atom is -0.462 e. The van der Waals surface area contributed by atoms with Crippen LogP contribution in [-0.2, 0) is 4.74 Å². The van der Waals surface area contributed by atoms with Gasteiger partial charge in [0.15, 0.2) is 5.96 Å². The Morgan fingerprint density at radius 2 is 2.10 bits per heavy atom. The molecular weight excluding hydrogens is 503 g/mol. The molecule has 1 atom stereocenters. The lowest BCUT2D eigenvalue weighted by Crippen LogP contribution is -2.43. The van der Waals surface area contributed by atoms with Gasteiger partial charge in [0.1, 0.15) is 9.88 Å². The number of guanidine groups is 1. The predicted molar refractivity (Wildman–Crippen MR) is 130 cm³/mol. The highest BCUT2D eigenvalue weighted by molar-refractivity contribution is 14.0. The number of halogens is 1. The van der Waals surface area contributed by atoms with Crippen LogP contribution in [0.2, 0.25) is 0 Å². The number of hydrogen-bond acceptors (Lipinski definition) is 7. The van der Waals surface area contributed by atoms with E-state index in [4.69, 9.17) is 4.74 Å². The van der Waals surface area contributed by atoms with E-state index in [1.54, 1.807) is 14.0 Å². The van der Waals surface area contributed by atoms with Gasteiger partial charge in [-0.15, -0.1) is 35.3 Å². The number of esters is 1. The Morgan fingerprint density at radius 3 is 2.79 bits per heavy atom.